The van der Waals surface area contributed by atoms with Gasteiger partial charge in [-0.15, -0.1) is 0 Å². The molecule has 0 amide bonds. The van der Waals surface area contributed by atoms with Gasteiger partial charge in [-0.1, -0.05) is 351 Å². The molecule has 0 fully saturated rings. The van der Waals surface area contributed by atoms with E-state index >= 15 is 0 Å². The zero-order valence-electron chi connectivity index (χ0n) is 55.7. The number of ether oxygens (including phenoxy) is 3. The summed E-state index contributed by atoms with van der Waals surface area (Å²) in [5.74, 6) is -0.893. The van der Waals surface area contributed by atoms with Crippen molar-refractivity contribution in [1.82, 2.24) is 0 Å². The number of carbonyl (C=O) groups excluding carboxylic acids is 3. The highest BCUT2D eigenvalue weighted by molar-refractivity contribution is 5.71. The lowest BCUT2D eigenvalue weighted by atomic mass is 10.0. The molecule has 1 atom stereocenters. The highest BCUT2D eigenvalue weighted by Crippen LogP contribution is 2.19. The van der Waals surface area contributed by atoms with Crippen LogP contribution < -0.4 is 0 Å². The third-order valence-electron chi connectivity index (χ3n) is 16.5. The molecule has 0 saturated heterocycles. The van der Waals surface area contributed by atoms with Crippen LogP contribution in [0.4, 0.5) is 0 Å². The Bertz CT molecular complexity index is 1470. The van der Waals surface area contributed by atoms with Crippen LogP contribution in [-0.4, -0.2) is 37.2 Å². The molecule has 0 radical (unpaired) electrons. The number of allylic oxidation sites excluding steroid dienone is 10. The highest BCUT2D eigenvalue weighted by Gasteiger charge is 2.19. The minimum absolute atomic E-state index is 0.0835. The molecule has 0 N–H and O–H groups in total. The molecule has 0 aromatic carbocycles. The Balaban J connectivity index is 4.19. The molecular formula is C77H140O6. The maximum Gasteiger partial charge on any atom is 0.306 e. The zero-order chi connectivity index (χ0) is 59.9. The summed E-state index contributed by atoms with van der Waals surface area (Å²) in [5.41, 5.74) is 0. The van der Waals surface area contributed by atoms with Gasteiger partial charge in [-0.3, -0.25) is 14.4 Å². The third kappa shape index (κ3) is 69.8. The highest BCUT2D eigenvalue weighted by atomic mass is 16.6. The molecule has 1 unspecified atom stereocenters. The SMILES string of the molecule is CC/C=C\C/C=C\C/C=C\C/C=C\CCCCCCC(=O)OC(COC(=O)CCCCCCC/C=C\CCCCCCCCC)COC(=O)CCCCCCCCCCCCCCCCCCCCCCCCCCCCCCCCCC. The van der Waals surface area contributed by atoms with E-state index in [-0.39, 0.29) is 31.1 Å². The molecule has 0 aromatic rings. The Morgan fingerprint density at radius 1 is 0.253 bits per heavy atom. The van der Waals surface area contributed by atoms with Gasteiger partial charge in [0.25, 0.3) is 0 Å². The third-order valence-corrected chi connectivity index (χ3v) is 16.5. The molecule has 0 aliphatic rings. The van der Waals surface area contributed by atoms with E-state index in [1.165, 1.54) is 250 Å². The van der Waals surface area contributed by atoms with Crippen molar-refractivity contribution in [2.45, 2.75) is 399 Å². The van der Waals surface area contributed by atoms with Crippen LogP contribution in [0.15, 0.2) is 60.8 Å². The van der Waals surface area contributed by atoms with E-state index in [0.717, 1.165) is 103 Å². The van der Waals surface area contributed by atoms with Crippen molar-refractivity contribution < 1.29 is 28.6 Å². The fraction of sp³-hybridized carbons (Fsp3) is 0.831. The lowest BCUT2D eigenvalue weighted by molar-refractivity contribution is -0.167. The van der Waals surface area contributed by atoms with Crippen molar-refractivity contribution in [2.24, 2.45) is 0 Å². The molecule has 0 bridgehead atoms. The smallest absolute Gasteiger partial charge is 0.306 e. The Hall–Kier alpha value is -2.89. The Kier molecular flexibility index (Phi) is 69.1. The standard InChI is InChI=1S/C77H140O6/c1-4-7-10-13-16-19-22-25-28-31-32-33-34-35-36-37-38-39-40-41-42-43-44-45-47-49-52-55-58-61-64-67-70-76(79)82-73-74(72-81-75(78)69-66-63-60-57-54-51-48-30-27-24-21-18-15-12-9-6-3)83-77(80)71-68-65-62-59-56-53-50-46-29-26-23-20-17-14-11-8-5-2/h8,11,17,20,26,29-30,48,50,53,74H,4-7,9-10,12-16,18-19,21-25,27-28,31-47,49,51-52,54-73H2,1-3H3/b11-8-,20-17-,29-26-,48-30-,53-50-. The predicted octanol–water partition coefficient (Wildman–Crippen LogP) is 25.5. The summed E-state index contributed by atoms with van der Waals surface area (Å²) in [6.07, 6.45) is 92.8. The molecule has 0 heterocycles. The van der Waals surface area contributed by atoms with Gasteiger partial charge in [0.2, 0.25) is 0 Å². The summed E-state index contributed by atoms with van der Waals surface area (Å²) in [4.78, 5) is 38.4. The number of hydrogen-bond donors (Lipinski definition) is 0. The van der Waals surface area contributed by atoms with Crippen molar-refractivity contribution >= 4 is 17.9 Å². The zero-order valence-corrected chi connectivity index (χ0v) is 55.7. The van der Waals surface area contributed by atoms with Crippen LogP contribution in [0.5, 0.6) is 0 Å². The lowest BCUT2D eigenvalue weighted by Crippen LogP contribution is -2.30. The molecule has 6 heteroatoms. The second-order valence-electron chi connectivity index (χ2n) is 24.8. The van der Waals surface area contributed by atoms with Crippen LogP contribution >= 0.6 is 0 Å². The molecule has 484 valence electrons. The van der Waals surface area contributed by atoms with Crippen LogP contribution in [0.1, 0.15) is 393 Å². The van der Waals surface area contributed by atoms with Crippen LogP contribution in [0.2, 0.25) is 0 Å². The lowest BCUT2D eigenvalue weighted by Gasteiger charge is -2.18. The molecule has 0 aliphatic heterocycles. The molecule has 0 saturated carbocycles. The number of unbranched alkanes of at least 4 members (excludes halogenated alkanes) is 47. The van der Waals surface area contributed by atoms with Gasteiger partial charge >= 0.3 is 17.9 Å². The van der Waals surface area contributed by atoms with Crippen LogP contribution in [0.3, 0.4) is 0 Å². The van der Waals surface area contributed by atoms with Crippen molar-refractivity contribution in [3.05, 3.63) is 60.8 Å². The maximum atomic E-state index is 12.9. The average Bonchev–Trinajstić information content (AvgIpc) is 3.49. The molecule has 0 aromatic heterocycles. The molecular weight excluding hydrogens is 1020 g/mol. The Morgan fingerprint density at radius 2 is 0.470 bits per heavy atom. The van der Waals surface area contributed by atoms with E-state index < -0.39 is 6.10 Å². The van der Waals surface area contributed by atoms with Crippen molar-refractivity contribution in [3.8, 4) is 0 Å². The summed E-state index contributed by atoms with van der Waals surface area (Å²) in [6, 6.07) is 0. The van der Waals surface area contributed by atoms with Gasteiger partial charge in [0.05, 0.1) is 0 Å². The quantitative estimate of drug-likeness (QED) is 0.0261. The van der Waals surface area contributed by atoms with Crippen LogP contribution in [0.25, 0.3) is 0 Å². The van der Waals surface area contributed by atoms with E-state index in [9.17, 15) is 14.4 Å². The van der Waals surface area contributed by atoms with Gasteiger partial charge in [-0.05, 0) is 83.5 Å². The summed E-state index contributed by atoms with van der Waals surface area (Å²) in [7, 11) is 0. The minimum atomic E-state index is -0.791. The first-order chi connectivity index (χ1) is 41.0. The molecule has 0 aliphatic carbocycles. The second kappa shape index (κ2) is 71.6. The second-order valence-corrected chi connectivity index (χ2v) is 24.8. The normalized spacial score (nSPS) is 12.4. The fourth-order valence-electron chi connectivity index (χ4n) is 11.0. The van der Waals surface area contributed by atoms with Gasteiger partial charge in [-0.25, -0.2) is 0 Å². The minimum Gasteiger partial charge on any atom is -0.462 e. The van der Waals surface area contributed by atoms with Gasteiger partial charge in [0.15, 0.2) is 6.10 Å². The molecule has 83 heavy (non-hydrogen) atoms. The predicted molar refractivity (Wildman–Crippen MR) is 362 cm³/mol. The van der Waals surface area contributed by atoms with Gasteiger partial charge < -0.3 is 14.2 Å². The van der Waals surface area contributed by atoms with E-state index in [1.807, 2.05) is 0 Å². The topological polar surface area (TPSA) is 78.9 Å². The first-order valence-electron chi connectivity index (χ1n) is 36.8. The summed E-state index contributed by atoms with van der Waals surface area (Å²) in [6.45, 7) is 6.56. The number of carbonyl (C=O) groups is 3. The van der Waals surface area contributed by atoms with E-state index in [4.69, 9.17) is 14.2 Å². The molecule has 0 spiro atoms. The Morgan fingerprint density at radius 3 is 0.747 bits per heavy atom. The number of hydrogen-bond acceptors (Lipinski definition) is 6. The van der Waals surface area contributed by atoms with Gasteiger partial charge in [0, 0.05) is 19.3 Å². The molecule has 0 rings (SSSR count). The summed E-state index contributed by atoms with van der Waals surface area (Å²) < 4.78 is 17.0. The van der Waals surface area contributed by atoms with Crippen LogP contribution in [0, 0.1) is 0 Å². The summed E-state index contributed by atoms with van der Waals surface area (Å²) >= 11 is 0. The maximum absolute atomic E-state index is 12.9. The average molecular weight is 1160 g/mol. The van der Waals surface area contributed by atoms with Gasteiger partial charge in [0.1, 0.15) is 13.2 Å². The number of rotatable bonds is 68. The van der Waals surface area contributed by atoms with E-state index in [1.54, 1.807) is 0 Å². The number of esters is 3. The first-order valence-corrected chi connectivity index (χ1v) is 36.8. The Labute approximate surface area is 517 Å². The van der Waals surface area contributed by atoms with Gasteiger partial charge in [-0.2, -0.15) is 0 Å². The molecule has 6 nitrogen and oxygen atoms in total. The largest absolute Gasteiger partial charge is 0.462 e. The first kappa shape index (κ1) is 80.1. The van der Waals surface area contributed by atoms with Crippen molar-refractivity contribution in [3.63, 3.8) is 0 Å². The van der Waals surface area contributed by atoms with Crippen molar-refractivity contribution in [2.75, 3.05) is 13.2 Å². The van der Waals surface area contributed by atoms with Crippen LogP contribution in [-0.2, 0) is 28.6 Å². The monoisotopic (exact) mass is 1160 g/mol. The van der Waals surface area contributed by atoms with E-state index in [0.29, 0.717) is 19.3 Å². The van der Waals surface area contributed by atoms with E-state index in [2.05, 4.69) is 81.5 Å². The van der Waals surface area contributed by atoms with Crippen molar-refractivity contribution in [1.29, 1.82) is 0 Å². The summed E-state index contributed by atoms with van der Waals surface area (Å²) in [5, 5.41) is 0. The fourth-order valence-corrected chi connectivity index (χ4v) is 11.0.